The van der Waals surface area contributed by atoms with E-state index in [1.165, 1.54) is 51.5 Å². The van der Waals surface area contributed by atoms with Gasteiger partial charge >= 0.3 is 0 Å². The lowest BCUT2D eigenvalue weighted by Gasteiger charge is -2.29. The largest absolute Gasteiger partial charge is 0.303 e. The normalized spacial score (nSPS) is 16.9. The summed E-state index contributed by atoms with van der Waals surface area (Å²) >= 11 is 0. The highest BCUT2D eigenvalue weighted by Gasteiger charge is 2.18. The second kappa shape index (κ2) is 12.1. The van der Waals surface area contributed by atoms with Crippen LogP contribution in [0.1, 0.15) is 93.4 Å². The van der Waals surface area contributed by atoms with E-state index in [-0.39, 0.29) is 0 Å². The number of nitrogens with zero attached hydrogens (tertiary/aromatic N) is 1. The quantitative estimate of drug-likeness (QED) is 0.352. The maximum atomic E-state index is 2.53. The zero-order valence-corrected chi connectivity index (χ0v) is 17.5. The van der Waals surface area contributed by atoms with Gasteiger partial charge in [-0.3, -0.25) is 0 Å². The van der Waals surface area contributed by atoms with E-state index in [4.69, 9.17) is 0 Å². The van der Waals surface area contributed by atoms with Crippen molar-refractivity contribution in [2.45, 2.75) is 99.5 Å². The fourth-order valence-corrected chi connectivity index (χ4v) is 3.51. The van der Waals surface area contributed by atoms with Crippen LogP contribution in [0.3, 0.4) is 0 Å². The van der Waals surface area contributed by atoms with Crippen molar-refractivity contribution in [2.24, 2.45) is 17.3 Å². The number of rotatable bonds is 12. The Bertz CT molecular complexity index is 300. The van der Waals surface area contributed by atoms with Gasteiger partial charge < -0.3 is 4.90 Å². The molecule has 0 rings (SSSR count). The minimum atomic E-state index is 0.453. The first-order valence-electron chi connectivity index (χ1n) is 10.0. The van der Waals surface area contributed by atoms with E-state index in [0.29, 0.717) is 11.5 Å². The van der Waals surface area contributed by atoms with Crippen LogP contribution in [-0.4, -0.2) is 24.5 Å². The van der Waals surface area contributed by atoms with Crippen molar-refractivity contribution in [1.82, 2.24) is 4.90 Å². The molecule has 0 bridgehead atoms. The molecule has 0 saturated carbocycles. The molecule has 0 saturated heterocycles. The molecule has 23 heavy (non-hydrogen) atoms. The van der Waals surface area contributed by atoms with E-state index in [1.54, 1.807) is 0 Å². The monoisotopic (exact) mass is 323 g/mol. The summed E-state index contributed by atoms with van der Waals surface area (Å²) in [5.41, 5.74) is 0.453. The van der Waals surface area contributed by atoms with Crippen LogP contribution in [-0.2, 0) is 0 Å². The van der Waals surface area contributed by atoms with E-state index >= 15 is 0 Å². The minimum Gasteiger partial charge on any atom is -0.303 e. The van der Waals surface area contributed by atoms with Crippen molar-refractivity contribution >= 4 is 0 Å². The smallest absolute Gasteiger partial charge is 0.00665 e. The number of hydrogen-bond acceptors (Lipinski definition) is 1. The van der Waals surface area contributed by atoms with Gasteiger partial charge in [-0.05, 0) is 56.9 Å². The molecule has 0 aliphatic rings. The molecule has 0 aromatic rings. The third-order valence-electron chi connectivity index (χ3n) is 4.86. The first-order chi connectivity index (χ1) is 10.7. The Balaban J connectivity index is 3.89. The highest BCUT2D eigenvalue weighted by atomic mass is 15.1. The van der Waals surface area contributed by atoms with Gasteiger partial charge in [0.25, 0.3) is 0 Å². The molecule has 1 nitrogen and oxygen atoms in total. The van der Waals surface area contributed by atoms with Crippen molar-refractivity contribution < 1.29 is 0 Å². The predicted molar refractivity (Wildman–Crippen MR) is 107 cm³/mol. The van der Waals surface area contributed by atoms with E-state index in [9.17, 15) is 0 Å². The molecule has 0 heterocycles. The number of unbranched alkanes of at least 4 members (excludes halogenated alkanes) is 1. The van der Waals surface area contributed by atoms with E-state index in [0.717, 1.165) is 11.8 Å². The predicted octanol–water partition coefficient (Wildman–Crippen LogP) is 6.93. The highest BCUT2D eigenvalue weighted by Crippen LogP contribution is 2.27. The van der Waals surface area contributed by atoms with Crippen LogP contribution in [0.15, 0.2) is 12.2 Å². The molecular weight excluding hydrogens is 278 g/mol. The second-order valence-electron chi connectivity index (χ2n) is 9.18. The standard InChI is InChI=1S/C22H45N/c1-9-10-14-19(2)15-12-11-13-16-23(8)21(4)17-20(3)18-22(5,6)7/h11-12,19-21H,9-10,13-18H2,1-8H3. The second-order valence-corrected chi connectivity index (χ2v) is 9.18. The van der Waals surface area contributed by atoms with Crippen molar-refractivity contribution in [1.29, 1.82) is 0 Å². The van der Waals surface area contributed by atoms with Gasteiger partial charge in [0.1, 0.15) is 0 Å². The molecule has 0 fully saturated rings. The summed E-state index contributed by atoms with van der Waals surface area (Å²) in [6.07, 6.45) is 13.9. The SMILES string of the molecule is CCCCC(C)CC=CCCN(C)C(C)CC(C)CC(C)(C)C. The average molecular weight is 324 g/mol. The van der Waals surface area contributed by atoms with Gasteiger partial charge in [0, 0.05) is 12.6 Å². The van der Waals surface area contributed by atoms with Gasteiger partial charge in [-0.2, -0.15) is 0 Å². The first-order valence-corrected chi connectivity index (χ1v) is 10.0. The molecule has 1 heteroatoms. The lowest BCUT2D eigenvalue weighted by molar-refractivity contribution is 0.202. The van der Waals surface area contributed by atoms with Gasteiger partial charge in [0.2, 0.25) is 0 Å². The summed E-state index contributed by atoms with van der Waals surface area (Å²) in [4.78, 5) is 2.53. The van der Waals surface area contributed by atoms with Crippen LogP contribution in [0, 0.1) is 17.3 Å². The zero-order valence-electron chi connectivity index (χ0n) is 17.5. The van der Waals surface area contributed by atoms with Gasteiger partial charge in [-0.25, -0.2) is 0 Å². The minimum absolute atomic E-state index is 0.453. The van der Waals surface area contributed by atoms with Crippen LogP contribution in [0.25, 0.3) is 0 Å². The van der Waals surface area contributed by atoms with E-state index in [2.05, 4.69) is 72.6 Å². The molecule has 0 aromatic carbocycles. The van der Waals surface area contributed by atoms with Crippen LogP contribution in [0.2, 0.25) is 0 Å². The fraction of sp³-hybridized carbons (Fsp3) is 0.909. The Kier molecular flexibility index (Phi) is 12.0. The summed E-state index contributed by atoms with van der Waals surface area (Å²) in [6.45, 7) is 17.7. The Morgan fingerprint density at radius 1 is 1.00 bits per heavy atom. The lowest BCUT2D eigenvalue weighted by Crippen LogP contribution is -2.31. The van der Waals surface area contributed by atoms with E-state index < -0.39 is 0 Å². The molecule has 0 spiro atoms. The third kappa shape index (κ3) is 13.8. The summed E-state index contributed by atoms with van der Waals surface area (Å²) < 4.78 is 0. The van der Waals surface area contributed by atoms with Crippen molar-refractivity contribution in [3.8, 4) is 0 Å². The molecule has 0 radical (unpaired) electrons. The summed E-state index contributed by atoms with van der Waals surface area (Å²) in [6, 6.07) is 0.684. The Labute approximate surface area is 147 Å². The Morgan fingerprint density at radius 2 is 1.65 bits per heavy atom. The molecule has 3 unspecified atom stereocenters. The third-order valence-corrected chi connectivity index (χ3v) is 4.86. The van der Waals surface area contributed by atoms with E-state index in [1.807, 2.05) is 0 Å². The van der Waals surface area contributed by atoms with Crippen molar-refractivity contribution in [2.75, 3.05) is 13.6 Å². The summed E-state index contributed by atoms with van der Waals surface area (Å²) in [7, 11) is 2.28. The molecular formula is C22H45N. The number of hydrogen-bond donors (Lipinski definition) is 0. The van der Waals surface area contributed by atoms with Crippen molar-refractivity contribution in [3.05, 3.63) is 12.2 Å². The van der Waals surface area contributed by atoms with Crippen LogP contribution < -0.4 is 0 Å². The highest BCUT2D eigenvalue weighted by molar-refractivity contribution is 4.84. The molecule has 0 aliphatic heterocycles. The Hall–Kier alpha value is -0.300. The topological polar surface area (TPSA) is 3.24 Å². The first kappa shape index (κ1) is 22.7. The molecule has 0 N–H and O–H groups in total. The molecule has 0 amide bonds. The van der Waals surface area contributed by atoms with Gasteiger partial charge in [0.05, 0.1) is 0 Å². The van der Waals surface area contributed by atoms with Crippen LogP contribution in [0.5, 0.6) is 0 Å². The van der Waals surface area contributed by atoms with Gasteiger partial charge in [0.15, 0.2) is 0 Å². The van der Waals surface area contributed by atoms with Crippen LogP contribution >= 0.6 is 0 Å². The van der Waals surface area contributed by atoms with Gasteiger partial charge in [-0.1, -0.05) is 73.0 Å². The fourth-order valence-electron chi connectivity index (χ4n) is 3.51. The van der Waals surface area contributed by atoms with Crippen LogP contribution in [0.4, 0.5) is 0 Å². The Morgan fingerprint density at radius 3 is 2.22 bits per heavy atom. The lowest BCUT2D eigenvalue weighted by atomic mass is 9.83. The summed E-state index contributed by atoms with van der Waals surface area (Å²) in [5, 5.41) is 0. The zero-order chi connectivity index (χ0) is 17.9. The maximum absolute atomic E-state index is 2.53. The maximum Gasteiger partial charge on any atom is 0.00665 e. The molecule has 3 atom stereocenters. The summed E-state index contributed by atoms with van der Waals surface area (Å²) in [5.74, 6) is 1.66. The average Bonchev–Trinajstić information content (AvgIpc) is 2.42. The van der Waals surface area contributed by atoms with Crippen molar-refractivity contribution in [3.63, 3.8) is 0 Å². The molecule has 0 aliphatic carbocycles. The molecule has 0 aromatic heterocycles. The molecule has 138 valence electrons. The number of allylic oxidation sites excluding steroid dienone is 1. The van der Waals surface area contributed by atoms with Gasteiger partial charge in [-0.15, -0.1) is 0 Å².